The number of aryl methyl sites for hydroxylation is 2. The molecule has 1 aliphatic rings. The maximum Gasteiger partial charge on any atom is 0.455 e. The van der Waals surface area contributed by atoms with Crippen LogP contribution in [0.5, 0.6) is 0 Å². The van der Waals surface area contributed by atoms with Crippen LogP contribution in [0.4, 0.5) is 22.0 Å². The number of hydrogen-bond donors (Lipinski definition) is 0. The lowest BCUT2D eigenvalue weighted by atomic mass is 9.91. The molecule has 0 aliphatic heterocycles. The van der Waals surface area contributed by atoms with Gasteiger partial charge in [0.1, 0.15) is 11.6 Å². The van der Waals surface area contributed by atoms with Crippen molar-refractivity contribution in [2.45, 2.75) is 31.9 Å². The van der Waals surface area contributed by atoms with Gasteiger partial charge in [0, 0.05) is 11.8 Å². The van der Waals surface area contributed by atoms with E-state index in [0.29, 0.717) is 6.07 Å². The van der Waals surface area contributed by atoms with Crippen LogP contribution in [0.2, 0.25) is 0 Å². The van der Waals surface area contributed by atoms with Gasteiger partial charge in [0.25, 0.3) is 5.78 Å². The van der Waals surface area contributed by atoms with E-state index in [2.05, 4.69) is 4.98 Å². The molecule has 0 fully saturated rings. The number of aromatic nitrogens is 1. The predicted molar refractivity (Wildman–Crippen MR) is 76.6 cm³/mol. The SMILES string of the molecule is O=C(c1c(F)ccc(-c2cc3c(cn2)CCCC3)c1F)C(F)(F)F. The number of hydrogen-bond acceptors (Lipinski definition) is 2. The number of fused-ring (bicyclic) bond motifs is 1. The van der Waals surface area contributed by atoms with Crippen molar-refractivity contribution in [1.82, 2.24) is 4.98 Å². The van der Waals surface area contributed by atoms with E-state index in [9.17, 15) is 26.7 Å². The molecule has 0 saturated heterocycles. The Morgan fingerprint density at radius 3 is 2.38 bits per heavy atom. The molecule has 0 spiro atoms. The number of benzene rings is 1. The second-order valence-corrected chi connectivity index (χ2v) is 5.66. The molecule has 1 heterocycles. The van der Waals surface area contributed by atoms with Gasteiger partial charge in [0.15, 0.2) is 0 Å². The number of carbonyl (C=O) groups excluding carboxylic acids is 1. The van der Waals surface area contributed by atoms with E-state index in [-0.39, 0.29) is 11.3 Å². The zero-order valence-electron chi connectivity index (χ0n) is 12.4. The fourth-order valence-corrected chi connectivity index (χ4v) is 2.86. The number of halogens is 5. The van der Waals surface area contributed by atoms with E-state index >= 15 is 0 Å². The van der Waals surface area contributed by atoms with E-state index in [0.717, 1.165) is 42.9 Å². The molecule has 126 valence electrons. The van der Waals surface area contributed by atoms with Crippen LogP contribution in [0.1, 0.15) is 34.3 Å². The Balaban J connectivity index is 2.11. The zero-order chi connectivity index (χ0) is 17.5. The van der Waals surface area contributed by atoms with Crippen LogP contribution in [0.15, 0.2) is 24.4 Å². The van der Waals surface area contributed by atoms with Crippen molar-refractivity contribution in [3.05, 3.63) is 52.7 Å². The van der Waals surface area contributed by atoms with E-state index < -0.39 is 29.2 Å². The summed E-state index contributed by atoms with van der Waals surface area (Å²) in [4.78, 5) is 15.4. The molecule has 1 aliphatic carbocycles. The Hall–Kier alpha value is -2.31. The summed E-state index contributed by atoms with van der Waals surface area (Å²) in [6, 6.07) is 3.24. The molecule has 1 aromatic heterocycles. The van der Waals surface area contributed by atoms with Gasteiger partial charge in [-0.05, 0) is 55.0 Å². The number of nitrogens with zero attached hydrogens (tertiary/aromatic N) is 1. The average molecular weight is 341 g/mol. The molecule has 3 rings (SSSR count). The molecule has 2 nitrogen and oxygen atoms in total. The fourth-order valence-electron chi connectivity index (χ4n) is 2.86. The molecule has 24 heavy (non-hydrogen) atoms. The van der Waals surface area contributed by atoms with E-state index in [1.807, 2.05) is 0 Å². The summed E-state index contributed by atoms with van der Waals surface area (Å²) in [5.41, 5.74) is 0.124. The highest BCUT2D eigenvalue weighted by atomic mass is 19.4. The topological polar surface area (TPSA) is 30.0 Å². The molecule has 0 unspecified atom stereocenters. The Morgan fingerprint density at radius 2 is 1.71 bits per heavy atom. The van der Waals surface area contributed by atoms with Crippen LogP contribution in [0.25, 0.3) is 11.3 Å². The van der Waals surface area contributed by atoms with Crippen molar-refractivity contribution in [3.8, 4) is 11.3 Å². The summed E-state index contributed by atoms with van der Waals surface area (Å²) in [7, 11) is 0. The molecule has 0 atom stereocenters. The lowest BCUT2D eigenvalue weighted by Gasteiger charge is -2.16. The van der Waals surface area contributed by atoms with Crippen molar-refractivity contribution in [3.63, 3.8) is 0 Å². The van der Waals surface area contributed by atoms with Crippen molar-refractivity contribution >= 4 is 5.78 Å². The molecule has 0 radical (unpaired) electrons. The monoisotopic (exact) mass is 341 g/mol. The fraction of sp³-hybridized carbons (Fsp3) is 0.294. The Labute approximate surface area is 134 Å². The number of rotatable bonds is 2. The van der Waals surface area contributed by atoms with Gasteiger partial charge < -0.3 is 0 Å². The van der Waals surface area contributed by atoms with E-state index in [4.69, 9.17) is 0 Å². The van der Waals surface area contributed by atoms with Crippen LogP contribution < -0.4 is 0 Å². The minimum Gasteiger partial charge on any atom is -0.284 e. The standard InChI is InChI=1S/C17H12F5NO/c18-12-6-5-11(15(19)14(12)16(24)17(20,21)22)13-7-9-3-1-2-4-10(9)8-23-13/h5-8H,1-4H2. The van der Waals surface area contributed by atoms with Crippen LogP contribution in [0.3, 0.4) is 0 Å². The van der Waals surface area contributed by atoms with Crippen LogP contribution >= 0.6 is 0 Å². The Kier molecular flexibility index (Phi) is 4.11. The van der Waals surface area contributed by atoms with Crippen molar-refractivity contribution in [1.29, 1.82) is 0 Å². The molecule has 0 saturated carbocycles. The molecule has 0 amide bonds. The normalized spacial score (nSPS) is 14.4. The Bertz CT molecular complexity index is 813. The van der Waals surface area contributed by atoms with Crippen molar-refractivity contribution in [2.24, 2.45) is 0 Å². The van der Waals surface area contributed by atoms with Gasteiger partial charge in [-0.2, -0.15) is 13.2 Å². The summed E-state index contributed by atoms with van der Waals surface area (Å²) < 4.78 is 65.7. The first kappa shape index (κ1) is 16.5. The number of pyridine rings is 1. The molecular weight excluding hydrogens is 329 g/mol. The Morgan fingerprint density at radius 1 is 1.04 bits per heavy atom. The second-order valence-electron chi connectivity index (χ2n) is 5.66. The maximum absolute atomic E-state index is 14.4. The van der Waals surface area contributed by atoms with Gasteiger partial charge in [-0.25, -0.2) is 8.78 Å². The van der Waals surface area contributed by atoms with Gasteiger partial charge in [0.05, 0.1) is 11.3 Å². The number of alkyl halides is 3. The first-order chi connectivity index (χ1) is 11.3. The summed E-state index contributed by atoms with van der Waals surface area (Å²) in [5.74, 6) is -5.63. The summed E-state index contributed by atoms with van der Waals surface area (Å²) >= 11 is 0. The summed E-state index contributed by atoms with van der Waals surface area (Å²) in [6.45, 7) is 0. The quantitative estimate of drug-likeness (QED) is 0.588. The summed E-state index contributed by atoms with van der Waals surface area (Å²) in [5, 5.41) is 0. The van der Waals surface area contributed by atoms with Gasteiger partial charge in [-0.1, -0.05) is 0 Å². The summed E-state index contributed by atoms with van der Waals surface area (Å²) in [6.07, 6.45) is -0.223. The van der Waals surface area contributed by atoms with Crippen LogP contribution in [0, 0.1) is 11.6 Å². The van der Waals surface area contributed by atoms with Gasteiger partial charge >= 0.3 is 6.18 Å². The number of ketones is 1. The number of carbonyl (C=O) groups is 1. The zero-order valence-corrected chi connectivity index (χ0v) is 12.4. The highest BCUT2D eigenvalue weighted by molar-refractivity contribution is 6.01. The molecule has 7 heteroatoms. The molecule has 1 aromatic carbocycles. The highest BCUT2D eigenvalue weighted by Crippen LogP contribution is 2.32. The van der Waals surface area contributed by atoms with Crippen LogP contribution in [-0.2, 0) is 12.8 Å². The van der Waals surface area contributed by atoms with Crippen molar-refractivity contribution in [2.75, 3.05) is 0 Å². The average Bonchev–Trinajstić information content (AvgIpc) is 2.53. The van der Waals surface area contributed by atoms with E-state index in [1.54, 1.807) is 12.3 Å². The number of Topliss-reactive ketones (excluding diaryl/α,β-unsaturated/α-hetero) is 1. The van der Waals surface area contributed by atoms with Gasteiger partial charge in [-0.3, -0.25) is 9.78 Å². The largest absolute Gasteiger partial charge is 0.455 e. The molecule has 2 aromatic rings. The lowest BCUT2D eigenvalue weighted by Crippen LogP contribution is -2.25. The van der Waals surface area contributed by atoms with E-state index in [1.165, 1.54) is 0 Å². The van der Waals surface area contributed by atoms with Crippen LogP contribution in [-0.4, -0.2) is 16.9 Å². The molecule has 0 bridgehead atoms. The van der Waals surface area contributed by atoms with Gasteiger partial charge in [0.2, 0.25) is 0 Å². The molecular formula is C17H12F5NO. The first-order valence-electron chi connectivity index (χ1n) is 7.36. The minimum absolute atomic E-state index is 0.0874. The van der Waals surface area contributed by atoms with Gasteiger partial charge in [-0.15, -0.1) is 0 Å². The smallest absolute Gasteiger partial charge is 0.284 e. The first-order valence-corrected chi connectivity index (χ1v) is 7.36. The second kappa shape index (κ2) is 5.96. The third kappa shape index (κ3) is 2.90. The lowest BCUT2D eigenvalue weighted by molar-refractivity contribution is -0.0890. The molecule has 0 N–H and O–H groups in total. The third-order valence-electron chi connectivity index (χ3n) is 4.08. The third-order valence-corrected chi connectivity index (χ3v) is 4.08. The predicted octanol–water partition coefficient (Wildman–Crippen LogP) is 4.65. The highest BCUT2D eigenvalue weighted by Gasteiger charge is 2.43. The van der Waals surface area contributed by atoms with Crippen molar-refractivity contribution < 1.29 is 26.7 Å². The maximum atomic E-state index is 14.4. The minimum atomic E-state index is -5.36.